The van der Waals surface area contributed by atoms with E-state index in [1.165, 1.54) is 43.4 Å². The van der Waals surface area contributed by atoms with Gasteiger partial charge in [-0.1, -0.05) is 37.1 Å². The van der Waals surface area contributed by atoms with Gasteiger partial charge in [0.25, 0.3) is 0 Å². The first kappa shape index (κ1) is 22.3. The van der Waals surface area contributed by atoms with Crippen LogP contribution in [0.4, 0.5) is 4.39 Å². The van der Waals surface area contributed by atoms with Gasteiger partial charge in [0.2, 0.25) is 0 Å². The third-order valence-corrected chi connectivity index (χ3v) is 7.53. The average molecular weight is 471 g/mol. The van der Waals surface area contributed by atoms with Crippen LogP contribution in [0.3, 0.4) is 0 Å². The van der Waals surface area contributed by atoms with Crippen LogP contribution in [0.5, 0.6) is 0 Å². The summed E-state index contributed by atoms with van der Waals surface area (Å²) in [7, 11) is 0. The Bertz CT molecular complexity index is 1230. The monoisotopic (exact) mass is 470 g/mol. The fraction of sp³-hybridized carbons (Fsp3) is 0.345. The van der Waals surface area contributed by atoms with Crippen LogP contribution in [0.2, 0.25) is 0 Å². The molecule has 0 spiro atoms. The molecule has 180 valence electrons. The van der Waals surface area contributed by atoms with E-state index in [0.29, 0.717) is 0 Å². The normalized spacial score (nSPS) is 17.9. The van der Waals surface area contributed by atoms with Crippen molar-refractivity contribution < 1.29 is 8.81 Å². The van der Waals surface area contributed by atoms with Crippen molar-refractivity contribution in [1.82, 2.24) is 19.6 Å². The summed E-state index contributed by atoms with van der Waals surface area (Å²) in [6, 6.07) is 19.5. The van der Waals surface area contributed by atoms with Gasteiger partial charge in [-0.25, -0.2) is 9.07 Å². The van der Waals surface area contributed by atoms with Crippen LogP contribution in [0, 0.1) is 5.82 Å². The molecule has 0 unspecified atom stereocenters. The number of aromatic nitrogens is 2. The molecule has 5 nitrogen and oxygen atoms in total. The van der Waals surface area contributed by atoms with Gasteiger partial charge >= 0.3 is 0 Å². The van der Waals surface area contributed by atoms with Crippen LogP contribution in [0.25, 0.3) is 28.3 Å². The van der Waals surface area contributed by atoms with Gasteiger partial charge in [0.15, 0.2) is 5.76 Å². The van der Waals surface area contributed by atoms with E-state index in [0.717, 1.165) is 67.0 Å². The third-order valence-electron chi connectivity index (χ3n) is 7.53. The number of halogens is 1. The summed E-state index contributed by atoms with van der Waals surface area (Å²) >= 11 is 0. The summed E-state index contributed by atoms with van der Waals surface area (Å²) in [6.07, 6.45) is 9.22. The van der Waals surface area contributed by atoms with Crippen molar-refractivity contribution in [2.24, 2.45) is 0 Å². The highest BCUT2D eigenvalue weighted by Crippen LogP contribution is 2.30. The zero-order valence-corrected chi connectivity index (χ0v) is 19.9. The summed E-state index contributed by atoms with van der Waals surface area (Å²) < 4.78 is 21.1. The van der Waals surface area contributed by atoms with Gasteiger partial charge in [0.1, 0.15) is 11.5 Å². The molecule has 3 heterocycles. The molecule has 0 bridgehead atoms. The maximum Gasteiger partial charge on any atom is 0.152 e. The summed E-state index contributed by atoms with van der Waals surface area (Å²) in [6.45, 7) is 5.35. The molecule has 0 amide bonds. The molecule has 0 atom stereocenters. The first-order valence-electron chi connectivity index (χ1n) is 12.7. The summed E-state index contributed by atoms with van der Waals surface area (Å²) in [4.78, 5) is 5.24. The molecule has 1 aliphatic heterocycles. The van der Waals surface area contributed by atoms with Gasteiger partial charge in [0.05, 0.1) is 18.1 Å². The quantitative estimate of drug-likeness (QED) is 0.346. The lowest BCUT2D eigenvalue weighted by Crippen LogP contribution is -2.49. The van der Waals surface area contributed by atoms with Gasteiger partial charge in [-0.05, 0) is 60.4 Å². The molecular formula is C29H31FN4O. The number of rotatable bonds is 6. The van der Waals surface area contributed by atoms with Gasteiger partial charge < -0.3 is 4.42 Å². The van der Waals surface area contributed by atoms with E-state index in [4.69, 9.17) is 9.52 Å². The lowest BCUT2D eigenvalue weighted by molar-refractivity contribution is 0.0938. The van der Waals surface area contributed by atoms with Crippen LogP contribution < -0.4 is 0 Å². The number of benzene rings is 2. The molecule has 1 saturated heterocycles. The van der Waals surface area contributed by atoms with Gasteiger partial charge in [0, 0.05) is 44.3 Å². The first-order chi connectivity index (χ1) is 17.2. The molecule has 6 rings (SSSR count). The van der Waals surface area contributed by atoms with Gasteiger partial charge in [-0.15, -0.1) is 0 Å². The van der Waals surface area contributed by atoms with Crippen molar-refractivity contribution in [3.63, 3.8) is 0 Å². The Balaban J connectivity index is 1.23. The van der Waals surface area contributed by atoms with Crippen molar-refractivity contribution in [2.45, 2.75) is 38.3 Å². The van der Waals surface area contributed by atoms with E-state index in [-0.39, 0.29) is 5.82 Å². The Morgan fingerprint density at radius 2 is 1.54 bits per heavy atom. The third kappa shape index (κ3) is 4.68. The number of hydrogen-bond donors (Lipinski definition) is 0. The predicted octanol–water partition coefficient (Wildman–Crippen LogP) is 6.00. The molecule has 2 aromatic heterocycles. The Labute approximate surface area is 205 Å². The average Bonchev–Trinajstić information content (AvgIpc) is 3.67. The molecular weight excluding hydrogens is 439 g/mol. The Kier molecular flexibility index (Phi) is 6.23. The summed E-state index contributed by atoms with van der Waals surface area (Å²) in [5.74, 6) is 0.599. The number of nitrogens with zero attached hydrogens (tertiary/aromatic N) is 4. The number of piperazine rings is 1. The maximum atomic E-state index is 13.3. The van der Waals surface area contributed by atoms with Crippen LogP contribution in [0.15, 0.2) is 77.5 Å². The Morgan fingerprint density at radius 1 is 0.857 bits per heavy atom. The maximum absolute atomic E-state index is 13.3. The topological polar surface area (TPSA) is 37.4 Å². The molecule has 2 aliphatic rings. The number of furan rings is 1. The van der Waals surface area contributed by atoms with E-state index in [1.807, 2.05) is 23.0 Å². The highest BCUT2D eigenvalue weighted by Gasteiger charge is 2.27. The first-order valence-corrected chi connectivity index (χ1v) is 12.7. The Hall–Kier alpha value is -3.22. The highest BCUT2D eigenvalue weighted by atomic mass is 19.1. The van der Waals surface area contributed by atoms with Crippen molar-refractivity contribution in [3.05, 3.63) is 84.5 Å². The molecule has 0 N–H and O–H groups in total. The van der Waals surface area contributed by atoms with Gasteiger partial charge in [-0.2, -0.15) is 5.10 Å². The molecule has 4 aromatic rings. The molecule has 35 heavy (non-hydrogen) atoms. The van der Waals surface area contributed by atoms with Crippen molar-refractivity contribution in [2.75, 3.05) is 26.2 Å². The van der Waals surface area contributed by atoms with Crippen LogP contribution >= 0.6 is 0 Å². The zero-order valence-electron chi connectivity index (χ0n) is 19.9. The zero-order chi connectivity index (χ0) is 23.6. The second kappa shape index (κ2) is 9.80. The van der Waals surface area contributed by atoms with Crippen molar-refractivity contribution >= 4 is 0 Å². The van der Waals surface area contributed by atoms with E-state index in [2.05, 4.69) is 34.1 Å². The predicted molar refractivity (Wildman–Crippen MR) is 136 cm³/mol. The fourth-order valence-corrected chi connectivity index (χ4v) is 5.60. The van der Waals surface area contributed by atoms with Gasteiger partial charge in [-0.3, -0.25) is 9.80 Å². The fourth-order valence-electron chi connectivity index (χ4n) is 5.60. The molecule has 1 saturated carbocycles. The standard InChI is InChI=1S/C29H31FN4O/c30-25-11-7-22(8-12-25)23-9-13-27(14-10-23)34-29(28-6-3-19-35-28)24(20-31-34)21-32-15-17-33(18-16-32)26-4-1-2-5-26/h3,6-14,19-20,26H,1-2,4-5,15-18,21H2. The lowest BCUT2D eigenvalue weighted by atomic mass is 10.1. The minimum atomic E-state index is -0.225. The van der Waals surface area contributed by atoms with E-state index >= 15 is 0 Å². The molecule has 1 aliphatic carbocycles. The summed E-state index contributed by atoms with van der Waals surface area (Å²) in [5.41, 5.74) is 5.18. The van der Waals surface area contributed by atoms with E-state index in [1.54, 1.807) is 18.4 Å². The SMILES string of the molecule is Fc1ccc(-c2ccc(-n3ncc(CN4CCN(C5CCCC5)CC4)c3-c3ccco3)cc2)cc1. The minimum absolute atomic E-state index is 0.225. The molecule has 0 radical (unpaired) electrons. The Morgan fingerprint density at radius 3 is 2.20 bits per heavy atom. The molecule has 2 fully saturated rings. The second-order valence-electron chi connectivity index (χ2n) is 9.71. The smallest absolute Gasteiger partial charge is 0.152 e. The second-order valence-corrected chi connectivity index (χ2v) is 9.71. The van der Waals surface area contributed by atoms with Crippen LogP contribution in [-0.4, -0.2) is 51.8 Å². The van der Waals surface area contributed by atoms with Crippen molar-refractivity contribution in [1.29, 1.82) is 0 Å². The lowest BCUT2D eigenvalue weighted by Gasteiger charge is -2.38. The van der Waals surface area contributed by atoms with Crippen LogP contribution in [-0.2, 0) is 6.54 Å². The van der Waals surface area contributed by atoms with Crippen molar-refractivity contribution in [3.8, 4) is 28.3 Å². The van der Waals surface area contributed by atoms with E-state index in [9.17, 15) is 4.39 Å². The van der Waals surface area contributed by atoms with Crippen LogP contribution in [0.1, 0.15) is 31.2 Å². The summed E-state index contributed by atoms with van der Waals surface area (Å²) in [5, 5.41) is 4.77. The molecule has 2 aromatic carbocycles. The van der Waals surface area contributed by atoms with E-state index < -0.39 is 0 Å². The molecule has 6 heteroatoms. The minimum Gasteiger partial charge on any atom is -0.463 e. The largest absolute Gasteiger partial charge is 0.463 e. The number of hydrogen-bond acceptors (Lipinski definition) is 4. The highest BCUT2D eigenvalue weighted by molar-refractivity contribution is 5.66.